The molecule has 2 aromatic rings. The zero-order valence-corrected chi connectivity index (χ0v) is 18.9. The number of hydrogen-bond acceptors (Lipinski definition) is 4. The zero-order valence-electron chi connectivity index (χ0n) is 17.2. The van der Waals surface area contributed by atoms with Crippen LogP contribution in [0.1, 0.15) is 36.4 Å². The van der Waals surface area contributed by atoms with E-state index in [0.717, 1.165) is 38.8 Å². The normalized spacial score (nSPS) is 26.6. The number of sulfonamides is 1. The Labute approximate surface area is 185 Å². The molecule has 0 aromatic heterocycles. The molecule has 0 bridgehead atoms. The summed E-state index contributed by atoms with van der Waals surface area (Å²) < 4.78 is 34.0. The lowest BCUT2D eigenvalue weighted by Gasteiger charge is -2.51. The molecule has 0 amide bonds. The number of fused-ring (bicyclic) bond motifs is 4. The lowest BCUT2D eigenvalue weighted by Crippen LogP contribution is -2.57. The molecule has 2 aromatic carbocycles. The first-order valence-electron chi connectivity index (χ1n) is 10.6. The molecule has 0 saturated carbocycles. The van der Waals surface area contributed by atoms with Gasteiger partial charge in [0.25, 0.3) is 0 Å². The van der Waals surface area contributed by atoms with Crippen LogP contribution in [0.25, 0.3) is 0 Å². The van der Waals surface area contributed by atoms with Crippen molar-refractivity contribution in [2.45, 2.75) is 42.7 Å². The molecule has 5 nitrogen and oxygen atoms in total. The Hall–Kier alpha value is -1.60. The zero-order chi connectivity index (χ0) is 20.0. The molecular weight excluding hydrogens is 420 g/mol. The van der Waals surface area contributed by atoms with Crippen molar-refractivity contribution in [2.75, 3.05) is 26.7 Å². The van der Waals surface area contributed by atoms with Crippen LogP contribution < -0.4 is 4.74 Å². The summed E-state index contributed by atoms with van der Waals surface area (Å²) >= 11 is 0. The summed E-state index contributed by atoms with van der Waals surface area (Å²) in [7, 11) is -1.92. The summed E-state index contributed by atoms with van der Waals surface area (Å²) in [4.78, 5) is 2.96. The molecule has 30 heavy (non-hydrogen) atoms. The molecule has 5 rings (SSSR count). The van der Waals surface area contributed by atoms with E-state index < -0.39 is 10.0 Å². The van der Waals surface area contributed by atoms with Crippen molar-refractivity contribution >= 4 is 22.4 Å². The van der Waals surface area contributed by atoms with E-state index in [9.17, 15) is 8.42 Å². The van der Waals surface area contributed by atoms with E-state index in [2.05, 4.69) is 29.2 Å². The highest BCUT2D eigenvalue weighted by Crippen LogP contribution is 2.44. The van der Waals surface area contributed by atoms with Crippen molar-refractivity contribution < 1.29 is 13.2 Å². The van der Waals surface area contributed by atoms with Gasteiger partial charge in [-0.2, -0.15) is 4.31 Å². The first kappa shape index (κ1) is 21.6. The number of benzene rings is 2. The number of halogens is 1. The Kier molecular flexibility index (Phi) is 6.13. The highest BCUT2D eigenvalue weighted by molar-refractivity contribution is 7.89. The van der Waals surface area contributed by atoms with Gasteiger partial charge >= 0.3 is 0 Å². The van der Waals surface area contributed by atoms with E-state index in [0.29, 0.717) is 29.1 Å². The van der Waals surface area contributed by atoms with Gasteiger partial charge in [-0.15, -0.1) is 12.4 Å². The molecule has 0 aliphatic carbocycles. The minimum Gasteiger partial charge on any atom is -0.497 e. The van der Waals surface area contributed by atoms with Crippen LogP contribution in [0.4, 0.5) is 0 Å². The van der Waals surface area contributed by atoms with Gasteiger partial charge in [-0.05, 0) is 67.0 Å². The van der Waals surface area contributed by atoms with E-state index in [1.807, 2.05) is 0 Å². The van der Waals surface area contributed by atoms with Crippen LogP contribution in [0.15, 0.2) is 53.4 Å². The molecular formula is C23H29ClN2O3S. The van der Waals surface area contributed by atoms with E-state index >= 15 is 0 Å². The van der Waals surface area contributed by atoms with Gasteiger partial charge in [-0.3, -0.25) is 4.90 Å². The fraction of sp³-hybridized carbons (Fsp3) is 0.478. The molecule has 2 fully saturated rings. The van der Waals surface area contributed by atoms with Crippen molar-refractivity contribution in [3.8, 4) is 5.75 Å². The third-order valence-electron chi connectivity index (χ3n) is 6.99. The van der Waals surface area contributed by atoms with E-state index in [1.54, 1.807) is 35.7 Å². The molecule has 3 aliphatic rings. The van der Waals surface area contributed by atoms with Gasteiger partial charge in [0.2, 0.25) is 10.0 Å². The maximum atomic E-state index is 13.5. The first-order valence-corrected chi connectivity index (χ1v) is 12.0. The average molecular weight is 449 g/mol. The summed E-state index contributed by atoms with van der Waals surface area (Å²) in [6.45, 7) is 2.69. The molecule has 0 N–H and O–H groups in total. The largest absolute Gasteiger partial charge is 0.497 e. The molecule has 0 spiro atoms. The smallest absolute Gasteiger partial charge is 0.243 e. The fourth-order valence-electron chi connectivity index (χ4n) is 5.54. The van der Waals surface area contributed by atoms with Gasteiger partial charge in [0, 0.05) is 31.7 Å². The summed E-state index contributed by atoms with van der Waals surface area (Å²) in [5.41, 5.74) is 2.82. The number of rotatable bonds is 3. The molecule has 2 saturated heterocycles. The van der Waals surface area contributed by atoms with Gasteiger partial charge in [0.05, 0.1) is 12.0 Å². The van der Waals surface area contributed by atoms with Gasteiger partial charge in [0.15, 0.2) is 0 Å². The molecule has 3 atom stereocenters. The third kappa shape index (κ3) is 3.64. The topological polar surface area (TPSA) is 49.9 Å². The number of methoxy groups -OCH3 is 1. The Morgan fingerprint density at radius 1 is 1.03 bits per heavy atom. The van der Waals surface area contributed by atoms with Gasteiger partial charge in [-0.25, -0.2) is 8.42 Å². The third-order valence-corrected chi connectivity index (χ3v) is 8.93. The highest BCUT2D eigenvalue weighted by atomic mass is 35.5. The van der Waals surface area contributed by atoms with Crippen LogP contribution in [0, 0.1) is 5.92 Å². The second kappa shape index (κ2) is 8.50. The molecule has 0 radical (unpaired) electrons. The van der Waals surface area contributed by atoms with Crippen LogP contribution in [0.3, 0.4) is 0 Å². The second-order valence-electron chi connectivity index (χ2n) is 8.46. The van der Waals surface area contributed by atoms with Crippen molar-refractivity contribution in [1.82, 2.24) is 9.21 Å². The minimum atomic E-state index is -3.51. The van der Waals surface area contributed by atoms with Crippen LogP contribution in [0.5, 0.6) is 5.75 Å². The van der Waals surface area contributed by atoms with Crippen molar-refractivity contribution in [3.63, 3.8) is 0 Å². The summed E-state index contributed by atoms with van der Waals surface area (Å²) in [6, 6.07) is 15.9. The first-order chi connectivity index (χ1) is 14.1. The lowest BCUT2D eigenvalue weighted by molar-refractivity contribution is 0.0220. The Morgan fingerprint density at radius 2 is 1.80 bits per heavy atom. The number of piperidine rings is 2. The van der Waals surface area contributed by atoms with Crippen molar-refractivity contribution in [3.05, 3.63) is 59.7 Å². The quantitative estimate of drug-likeness (QED) is 0.714. The Morgan fingerprint density at radius 3 is 2.57 bits per heavy atom. The molecule has 3 aliphatic heterocycles. The summed E-state index contributed by atoms with van der Waals surface area (Å²) in [6.07, 6.45) is 4.03. The molecule has 162 valence electrons. The lowest BCUT2D eigenvalue weighted by atomic mass is 9.77. The Bertz CT molecular complexity index is 996. The predicted molar refractivity (Wildman–Crippen MR) is 120 cm³/mol. The fourth-order valence-corrected chi connectivity index (χ4v) is 7.27. The van der Waals surface area contributed by atoms with Gasteiger partial charge < -0.3 is 4.74 Å². The van der Waals surface area contributed by atoms with Crippen molar-refractivity contribution in [2.24, 2.45) is 5.92 Å². The molecule has 7 heteroatoms. The SMILES string of the molecule is COc1ccc(S(=O)(=O)N2CCC[C@@H]3CN4CCc5ccccc5[C@H]4C[C@@H]32)cc1.Cl. The monoisotopic (exact) mass is 448 g/mol. The van der Waals surface area contributed by atoms with Gasteiger partial charge in [-0.1, -0.05) is 24.3 Å². The second-order valence-corrected chi connectivity index (χ2v) is 10.3. The summed E-state index contributed by atoms with van der Waals surface area (Å²) in [5, 5.41) is 0. The van der Waals surface area contributed by atoms with Crippen LogP contribution in [0.2, 0.25) is 0 Å². The average Bonchev–Trinajstić information content (AvgIpc) is 2.77. The van der Waals surface area contributed by atoms with Crippen LogP contribution in [-0.2, 0) is 16.4 Å². The maximum absolute atomic E-state index is 13.5. The van der Waals surface area contributed by atoms with E-state index in [-0.39, 0.29) is 18.4 Å². The Balaban J connectivity index is 0.00000218. The van der Waals surface area contributed by atoms with Crippen LogP contribution >= 0.6 is 12.4 Å². The van der Waals surface area contributed by atoms with E-state index in [1.165, 1.54) is 11.1 Å². The highest BCUT2D eigenvalue weighted by Gasteiger charge is 2.46. The molecule has 3 heterocycles. The number of ether oxygens (including phenoxy) is 1. The molecule has 0 unspecified atom stereocenters. The van der Waals surface area contributed by atoms with E-state index in [4.69, 9.17) is 4.74 Å². The van der Waals surface area contributed by atoms with Crippen LogP contribution in [-0.4, -0.2) is 50.4 Å². The standard InChI is InChI=1S/C23H28N2O3S.ClH/c1-28-19-8-10-20(11-9-19)29(26,27)25-13-4-6-18-16-24-14-12-17-5-2-3-7-21(17)23(24)15-22(18)25;/h2-3,5,7-11,18,22-23H,4,6,12-16H2,1H3;1H/t18-,22+,23-;/m1./s1. The van der Waals surface area contributed by atoms with Crippen molar-refractivity contribution in [1.29, 1.82) is 0 Å². The maximum Gasteiger partial charge on any atom is 0.243 e. The van der Waals surface area contributed by atoms with Gasteiger partial charge in [0.1, 0.15) is 5.75 Å². The number of hydrogen-bond donors (Lipinski definition) is 0. The minimum absolute atomic E-state index is 0. The summed E-state index contributed by atoms with van der Waals surface area (Å²) in [5.74, 6) is 1.09. The number of nitrogens with zero attached hydrogens (tertiary/aromatic N) is 2. The predicted octanol–water partition coefficient (Wildman–Crippen LogP) is 3.89.